The third kappa shape index (κ3) is 4.52. The van der Waals surface area contributed by atoms with Gasteiger partial charge in [-0.05, 0) is 54.1 Å². The molecule has 1 unspecified atom stereocenters. The van der Waals surface area contributed by atoms with Crippen LogP contribution in [0.3, 0.4) is 0 Å². The van der Waals surface area contributed by atoms with Gasteiger partial charge in [-0.3, -0.25) is 9.80 Å². The van der Waals surface area contributed by atoms with Crippen molar-refractivity contribution in [2.45, 2.75) is 32.5 Å². The van der Waals surface area contributed by atoms with Crippen LogP contribution in [0.2, 0.25) is 0 Å². The van der Waals surface area contributed by atoms with Gasteiger partial charge in [-0.2, -0.15) is 5.10 Å². The van der Waals surface area contributed by atoms with Gasteiger partial charge in [0.25, 0.3) is 0 Å². The molecule has 28 heavy (non-hydrogen) atoms. The van der Waals surface area contributed by atoms with Crippen molar-refractivity contribution >= 4 is 11.3 Å². The number of aromatic nitrogens is 2. The lowest BCUT2D eigenvalue weighted by Gasteiger charge is -2.41. The molecule has 3 aromatic rings. The Bertz CT molecular complexity index is 863. The Balaban J connectivity index is 1.41. The zero-order valence-electron chi connectivity index (χ0n) is 16.4. The first-order chi connectivity index (χ1) is 13.7. The van der Waals surface area contributed by atoms with Crippen LogP contribution < -0.4 is 0 Å². The van der Waals surface area contributed by atoms with Crippen molar-refractivity contribution in [1.29, 1.82) is 0 Å². The highest BCUT2D eigenvalue weighted by Gasteiger charge is 2.27. The molecule has 1 saturated heterocycles. The van der Waals surface area contributed by atoms with Gasteiger partial charge in [0.1, 0.15) is 0 Å². The van der Waals surface area contributed by atoms with E-state index < -0.39 is 0 Å². The van der Waals surface area contributed by atoms with Crippen molar-refractivity contribution in [2.24, 2.45) is 0 Å². The predicted octanol–water partition coefficient (Wildman–Crippen LogP) is 3.31. The number of aliphatic hydroxyl groups is 1. The Labute approximate surface area is 170 Å². The normalized spacial score (nSPS) is 18.6. The van der Waals surface area contributed by atoms with E-state index in [2.05, 4.69) is 57.5 Å². The number of rotatable bonds is 7. The first-order valence-corrected chi connectivity index (χ1v) is 10.8. The first-order valence-electron chi connectivity index (χ1n) is 9.92. The molecule has 0 saturated carbocycles. The fraction of sp³-hybridized carbons (Fsp3) is 0.409. The van der Waals surface area contributed by atoms with Gasteiger partial charge < -0.3 is 5.11 Å². The van der Waals surface area contributed by atoms with Crippen molar-refractivity contribution in [3.63, 3.8) is 0 Å². The summed E-state index contributed by atoms with van der Waals surface area (Å²) < 4.78 is 1.90. The van der Waals surface area contributed by atoms with Crippen LogP contribution in [-0.2, 0) is 13.1 Å². The van der Waals surface area contributed by atoms with Gasteiger partial charge in [-0.25, -0.2) is 4.68 Å². The number of nitrogens with zero attached hydrogens (tertiary/aromatic N) is 4. The average Bonchev–Trinajstić information content (AvgIpc) is 3.40. The molecule has 148 valence electrons. The van der Waals surface area contributed by atoms with Crippen molar-refractivity contribution in [3.05, 3.63) is 70.2 Å². The second-order valence-electron chi connectivity index (χ2n) is 7.51. The van der Waals surface area contributed by atoms with Crippen LogP contribution in [0.4, 0.5) is 0 Å². The quantitative estimate of drug-likeness (QED) is 0.665. The molecule has 0 spiro atoms. The molecule has 0 bridgehead atoms. The van der Waals surface area contributed by atoms with E-state index in [0.717, 1.165) is 44.8 Å². The van der Waals surface area contributed by atoms with Crippen molar-refractivity contribution in [1.82, 2.24) is 19.6 Å². The lowest BCUT2D eigenvalue weighted by Crippen LogP contribution is -2.52. The molecule has 1 aromatic carbocycles. The van der Waals surface area contributed by atoms with Crippen LogP contribution >= 0.6 is 11.3 Å². The summed E-state index contributed by atoms with van der Waals surface area (Å²) in [5.74, 6) is 0. The van der Waals surface area contributed by atoms with Crippen LogP contribution in [0.1, 0.15) is 22.4 Å². The Morgan fingerprint density at radius 3 is 2.82 bits per heavy atom. The SMILES string of the molecule is Cc1cc(-n2cccn2)ccc1CN1CCN(Cc2cccs2)C(CCO)C1. The van der Waals surface area contributed by atoms with E-state index >= 15 is 0 Å². The zero-order valence-corrected chi connectivity index (χ0v) is 17.2. The number of thiophene rings is 1. The maximum atomic E-state index is 9.55. The van der Waals surface area contributed by atoms with Crippen LogP contribution in [0, 0.1) is 6.92 Å². The summed E-state index contributed by atoms with van der Waals surface area (Å²) >= 11 is 1.82. The minimum Gasteiger partial charge on any atom is -0.396 e. The number of hydrogen-bond donors (Lipinski definition) is 1. The first kappa shape index (κ1) is 19.3. The number of hydrogen-bond acceptors (Lipinski definition) is 5. The van der Waals surface area contributed by atoms with E-state index in [0.29, 0.717) is 6.04 Å². The maximum absolute atomic E-state index is 9.55. The smallest absolute Gasteiger partial charge is 0.0648 e. The molecule has 1 fully saturated rings. The lowest BCUT2D eigenvalue weighted by molar-refractivity contribution is 0.0506. The number of aryl methyl sites for hydroxylation is 1. The van der Waals surface area contributed by atoms with E-state index in [1.54, 1.807) is 6.20 Å². The Morgan fingerprint density at radius 1 is 1.18 bits per heavy atom. The van der Waals surface area contributed by atoms with Gasteiger partial charge in [0.15, 0.2) is 0 Å². The molecule has 3 heterocycles. The average molecular weight is 397 g/mol. The van der Waals surface area contributed by atoms with Crippen molar-refractivity contribution < 1.29 is 5.11 Å². The number of aliphatic hydroxyl groups excluding tert-OH is 1. The lowest BCUT2D eigenvalue weighted by atomic mass is 10.0. The monoisotopic (exact) mass is 396 g/mol. The minimum absolute atomic E-state index is 0.247. The third-order valence-corrected chi connectivity index (χ3v) is 6.44. The molecular weight excluding hydrogens is 368 g/mol. The Morgan fingerprint density at radius 2 is 2.11 bits per heavy atom. The fourth-order valence-corrected chi connectivity index (χ4v) is 4.73. The Hall–Kier alpha value is -1.99. The molecule has 2 aromatic heterocycles. The molecule has 1 atom stereocenters. The summed E-state index contributed by atoms with van der Waals surface area (Å²) in [5, 5.41) is 16.0. The van der Waals surface area contributed by atoms with Gasteiger partial charge in [-0.15, -0.1) is 11.3 Å². The van der Waals surface area contributed by atoms with Gasteiger partial charge in [0.2, 0.25) is 0 Å². The molecule has 1 aliphatic heterocycles. The zero-order chi connectivity index (χ0) is 19.3. The maximum Gasteiger partial charge on any atom is 0.0648 e. The molecule has 0 radical (unpaired) electrons. The highest BCUT2D eigenvalue weighted by atomic mass is 32.1. The fourth-order valence-electron chi connectivity index (χ4n) is 4.00. The van der Waals surface area contributed by atoms with Gasteiger partial charge in [0.05, 0.1) is 5.69 Å². The second-order valence-corrected chi connectivity index (χ2v) is 8.54. The van der Waals surface area contributed by atoms with Crippen LogP contribution in [0.5, 0.6) is 0 Å². The topological polar surface area (TPSA) is 44.5 Å². The molecule has 0 aliphatic carbocycles. The van der Waals surface area contributed by atoms with E-state index in [9.17, 15) is 5.11 Å². The summed E-state index contributed by atoms with van der Waals surface area (Å²) in [5.41, 5.74) is 3.77. The van der Waals surface area contributed by atoms with Gasteiger partial charge >= 0.3 is 0 Å². The summed E-state index contributed by atoms with van der Waals surface area (Å²) in [6.07, 6.45) is 4.61. The molecule has 4 rings (SSSR count). The molecule has 0 amide bonds. The van der Waals surface area contributed by atoms with Crippen LogP contribution in [0.25, 0.3) is 5.69 Å². The highest BCUT2D eigenvalue weighted by molar-refractivity contribution is 7.09. The van der Waals surface area contributed by atoms with Gasteiger partial charge in [0, 0.05) is 62.6 Å². The number of piperazine rings is 1. The largest absolute Gasteiger partial charge is 0.396 e. The minimum atomic E-state index is 0.247. The summed E-state index contributed by atoms with van der Waals surface area (Å²) in [7, 11) is 0. The molecule has 6 heteroatoms. The van der Waals surface area contributed by atoms with Crippen LogP contribution in [-0.4, -0.2) is 57.0 Å². The molecule has 1 aliphatic rings. The van der Waals surface area contributed by atoms with E-state index in [-0.39, 0.29) is 6.61 Å². The van der Waals surface area contributed by atoms with Gasteiger partial charge in [-0.1, -0.05) is 12.1 Å². The second kappa shape index (κ2) is 9.01. The predicted molar refractivity (Wildman–Crippen MR) is 114 cm³/mol. The molecule has 1 N–H and O–H groups in total. The van der Waals surface area contributed by atoms with E-state index in [1.807, 2.05) is 28.3 Å². The van der Waals surface area contributed by atoms with Crippen molar-refractivity contribution in [2.75, 3.05) is 26.2 Å². The van der Waals surface area contributed by atoms with Crippen molar-refractivity contribution in [3.8, 4) is 5.69 Å². The van der Waals surface area contributed by atoms with Crippen LogP contribution in [0.15, 0.2) is 54.2 Å². The van der Waals surface area contributed by atoms with E-state index in [4.69, 9.17) is 0 Å². The summed E-state index contributed by atoms with van der Waals surface area (Å²) in [6.45, 7) is 7.50. The standard InChI is InChI=1S/C22H28N4OS/c1-18-14-20(26-9-3-8-23-26)6-5-19(18)15-24-10-11-25(21(16-24)7-12-27)17-22-4-2-13-28-22/h2-6,8-9,13-14,21,27H,7,10-12,15-17H2,1H3. The Kier molecular flexibility index (Phi) is 6.22. The summed E-state index contributed by atoms with van der Waals surface area (Å²) in [4.78, 5) is 6.47. The van der Waals surface area contributed by atoms with E-state index in [1.165, 1.54) is 16.0 Å². The third-order valence-electron chi connectivity index (χ3n) is 5.58. The molecular formula is C22H28N4OS. The molecule has 5 nitrogen and oxygen atoms in total. The summed E-state index contributed by atoms with van der Waals surface area (Å²) in [6, 6.07) is 13.3. The number of benzene rings is 1. The highest BCUT2D eigenvalue weighted by Crippen LogP contribution is 2.22.